The normalized spacial score (nSPS) is 13.5. The predicted molar refractivity (Wildman–Crippen MR) is 123 cm³/mol. The number of hydrogen-bond donors (Lipinski definition) is 0. The zero-order valence-electron chi connectivity index (χ0n) is 18.5. The molecule has 0 saturated heterocycles. The quantitative estimate of drug-likeness (QED) is 0.472. The van der Waals surface area contributed by atoms with E-state index in [2.05, 4.69) is 105 Å². The zero-order chi connectivity index (χ0) is 21.3. The third kappa shape index (κ3) is 3.60. The maximum Gasteiger partial charge on any atom is 0.292 e. The van der Waals surface area contributed by atoms with Gasteiger partial charge in [-0.3, -0.25) is 0 Å². The third-order valence-electron chi connectivity index (χ3n) is 6.01. The number of fused-ring (bicyclic) bond motifs is 1. The second-order valence-electron chi connectivity index (χ2n) is 8.67. The fourth-order valence-electron chi connectivity index (χ4n) is 4.19. The van der Waals surface area contributed by atoms with E-state index in [-0.39, 0.29) is 5.41 Å². The number of benzene rings is 3. The lowest BCUT2D eigenvalue weighted by Gasteiger charge is -2.30. The fourth-order valence-corrected chi connectivity index (χ4v) is 4.19. The minimum atomic E-state index is -0.217. The molecule has 30 heavy (non-hydrogen) atoms. The number of para-hydroxylation sites is 1. The molecule has 0 bridgehead atoms. The van der Waals surface area contributed by atoms with Crippen LogP contribution in [-0.2, 0) is 5.41 Å². The van der Waals surface area contributed by atoms with Crippen LogP contribution < -0.4 is 9.47 Å². The molecule has 0 radical (unpaired) electrons. The second-order valence-corrected chi connectivity index (χ2v) is 8.67. The summed E-state index contributed by atoms with van der Waals surface area (Å²) in [4.78, 5) is 0. The van der Waals surface area contributed by atoms with Crippen LogP contribution in [-0.4, -0.2) is 24.6 Å². The van der Waals surface area contributed by atoms with Crippen molar-refractivity contribution in [1.82, 2.24) is 0 Å². The Hall–Kier alpha value is -3.07. The molecule has 1 aliphatic rings. The molecule has 1 heterocycles. The summed E-state index contributed by atoms with van der Waals surface area (Å²) in [7, 11) is 1.72. The fraction of sp³-hybridized carbons (Fsp3) is 0.296. The predicted octanol–water partition coefficient (Wildman–Crippen LogP) is 6.26. The van der Waals surface area contributed by atoms with Crippen LogP contribution in [0, 0.1) is 0 Å². The SMILES string of the molecule is COc1cc2c(c(C(C)(C)c3ccccc3)c1)OC[N+](c1ccccc1C(C)C)=C2. The molecule has 0 fully saturated rings. The van der Waals surface area contributed by atoms with Gasteiger partial charge in [0.05, 0.1) is 12.7 Å². The average Bonchev–Trinajstić information content (AvgIpc) is 2.78. The Morgan fingerprint density at radius 3 is 2.37 bits per heavy atom. The minimum absolute atomic E-state index is 0.217. The number of methoxy groups -OCH3 is 1. The number of hydrogen-bond acceptors (Lipinski definition) is 2. The Bertz CT molecular complexity index is 1080. The van der Waals surface area contributed by atoms with Crippen molar-refractivity contribution in [3.8, 4) is 11.5 Å². The summed E-state index contributed by atoms with van der Waals surface area (Å²) in [5, 5.41) is 0. The van der Waals surface area contributed by atoms with E-state index in [1.165, 1.54) is 16.8 Å². The molecule has 3 aromatic rings. The van der Waals surface area contributed by atoms with Gasteiger partial charge in [0, 0.05) is 22.6 Å². The minimum Gasteiger partial charge on any atom is -0.497 e. The molecule has 0 aliphatic carbocycles. The zero-order valence-corrected chi connectivity index (χ0v) is 18.5. The molecular weight excluding hydrogens is 370 g/mol. The van der Waals surface area contributed by atoms with Crippen molar-refractivity contribution in [2.24, 2.45) is 0 Å². The van der Waals surface area contributed by atoms with Crippen LogP contribution in [0.3, 0.4) is 0 Å². The molecule has 4 rings (SSSR count). The molecule has 0 spiro atoms. The number of ether oxygens (including phenoxy) is 2. The molecule has 154 valence electrons. The number of rotatable bonds is 5. The second kappa shape index (κ2) is 7.98. The van der Waals surface area contributed by atoms with Crippen LogP contribution in [0.25, 0.3) is 0 Å². The molecule has 0 N–H and O–H groups in total. The standard InChI is InChI=1S/C27H30NO2/c1-19(2)23-13-9-10-14-25(23)28-17-20-15-22(29-5)16-24(26(20)30-18-28)27(3,4)21-11-7-6-8-12-21/h6-17,19H,18H2,1-5H3/q+1. The molecule has 0 atom stereocenters. The van der Waals surface area contributed by atoms with Crippen LogP contribution >= 0.6 is 0 Å². The van der Waals surface area contributed by atoms with Gasteiger partial charge in [0.25, 0.3) is 6.73 Å². The average molecular weight is 401 g/mol. The largest absolute Gasteiger partial charge is 0.497 e. The summed E-state index contributed by atoms with van der Waals surface area (Å²) in [6.45, 7) is 9.41. The topological polar surface area (TPSA) is 21.5 Å². The molecule has 0 saturated carbocycles. The first-order valence-corrected chi connectivity index (χ1v) is 10.5. The van der Waals surface area contributed by atoms with Gasteiger partial charge in [-0.25, -0.2) is 0 Å². The van der Waals surface area contributed by atoms with Crippen LogP contribution in [0.1, 0.15) is 55.9 Å². The van der Waals surface area contributed by atoms with Crippen molar-refractivity contribution >= 4 is 11.9 Å². The summed E-state index contributed by atoms with van der Waals surface area (Å²) >= 11 is 0. The van der Waals surface area contributed by atoms with Crippen molar-refractivity contribution < 1.29 is 14.0 Å². The lowest BCUT2D eigenvalue weighted by atomic mass is 9.77. The van der Waals surface area contributed by atoms with E-state index in [1.807, 2.05) is 0 Å². The van der Waals surface area contributed by atoms with Gasteiger partial charge in [0.15, 0.2) is 6.21 Å². The van der Waals surface area contributed by atoms with Gasteiger partial charge in [-0.15, -0.1) is 0 Å². The van der Waals surface area contributed by atoms with Gasteiger partial charge in [0.2, 0.25) is 5.69 Å². The van der Waals surface area contributed by atoms with Crippen molar-refractivity contribution in [3.63, 3.8) is 0 Å². The maximum atomic E-state index is 6.40. The van der Waals surface area contributed by atoms with Crippen LogP contribution in [0.4, 0.5) is 5.69 Å². The lowest BCUT2D eigenvalue weighted by molar-refractivity contribution is -0.476. The highest BCUT2D eigenvalue weighted by Crippen LogP contribution is 2.42. The van der Waals surface area contributed by atoms with Gasteiger partial charge in [0.1, 0.15) is 11.5 Å². The molecule has 3 heteroatoms. The lowest BCUT2D eigenvalue weighted by Crippen LogP contribution is -2.26. The first kappa shape index (κ1) is 20.2. The van der Waals surface area contributed by atoms with Crippen LogP contribution in [0.15, 0.2) is 66.7 Å². The monoisotopic (exact) mass is 400 g/mol. The molecule has 0 aromatic heterocycles. The highest BCUT2D eigenvalue weighted by Gasteiger charge is 2.32. The van der Waals surface area contributed by atoms with Crippen LogP contribution in [0.5, 0.6) is 11.5 Å². The van der Waals surface area contributed by atoms with Crippen molar-refractivity contribution in [2.75, 3.05) is 13.8 Å². The Balaban J connectivity index is 1.86. The molecule has 0 amide bonds. The summed E-state index contributed by atoms with van der Waals surface area (Å²) < 4.78 is 14.3. The van der Waals surface area contributed by atoms with E-state index in [4.69, 9.17) is 9.47 Å². The van der Waals surface area contributed by atoms with E-state index in [9.17, 15) is 0 Å². The van der Waals surface area contributed by atoms with E-state index < -0.39 is 0 Å². The molecular formula is C27H30NO2+. The van der Waals surface area contributed by atoms with Gasteiger partial charge in [-0.1, -0.05) is 76.2 Å². The molecule has 0 unspecified atom stereocenters. The van der Waals surface area contributed by atoms with E-state index in [0.717, 1.165) is 22.6 Å². The summed E-state index contributed by atoms with van der Waals surface area (Å²) in [6.07, 6.45) is 2.19. The summed E-state index contributed by atoms with van der Waals surface area (Å²) in [5.41, 5.74) is 5.70. The van der Waals surface area contributed by atoms with Crippen molar-refractivity contribution in [1.29, 1.82) is 0 Å². The highest BCUT2D eigenvalue weighted by molar-refractivity contribution is 5.84. The smallest absolute Gasteiger partial charge is 0.292 e. The Kier molecular flexibility index (Phi) is 5.38. The van der Waals surface area contributed by atoms with Crippen LogP contribution in [0.2, 0.25) is 0 Å². The van der Waals surface area contributed by atoms with Gasteiger partial charge < -0.3 is 9.47 Å². The maximum absolute atomic E-state index is 6.40. The Morgan fingerprint density at radius 1 is 0.967 bits per heavy atom. The molecule has 3 nitrogen and oxygen atoms in total. The molecule has 1 aliphatic heterocycles. The third-order valence-corrected chi connectivity index (χ3v) is 6.01. The van der Waals surface area contributed by atoms with E-state index >= 15 is 0 Å². The van der Waals surface area contributed by atoms with Gasteiger partial charge >= 0.3 is 0 Å². The Morgan fingerprint density at radius 2 is 1.67 bits per heavy atom. The van der Waals surface area contributed by atoms with Gasteiger partial charge in [-0.05, 0) is 23.6 Å². The highest BCUT2D eigenvalue weighted by atomic mass is 16.5. The van der Waals surface area contributed by atoms with Gasteiger partial charge in [-0.2, -0.15) is 4.58 Å². The van der Waals surface area contributed by atoms with Crippen molar-refractivity contribution in [2.45, 2.75) is 39.0 Å². The van der Waals surface area contributed by atoms with E-state index in [1.54, 1.807) is 7.11 Å². The Labute approximate surface area is 179 Å². The summed E-state index contributed by atoms with van der Waals surface area (Å²) in [5.74, 6) is 2.21. The van der Waals surface area contributed by atoms with Crippen molar-refractivity contribution in [3.05, 3.63) is 89.0 Å². The number of nitrogens with zero attached hydrogens (tertiary/aromatic N) is 1. The first-order valence-electron chi connectivity index (χ1n) is 10.5. The van der Waals surface area contributed by atoms with E-state index in [0.29, 0.717) is 12.6 Å². The summed E-state index contributed by atoms with van der Waals surface area (Å²) in [6, 6.07) is 23.3. The molecule has 3 aromatic carbocycles. The first-order chi connectivity index (χ1) is 14.4.